The van der Waals surface area contributed by atoms with Gasteiger partial charge in [0.15, 0.2) is 0 Å². The highest BCUT2D eigenvalue weighted by atomic mass is 16.5. The maximum absolute atomic E-state index is 6.23. The lowest BCUT2D eigenvalue weighted by Crippen LogP contribution is -2.27. The quantitative estimate of drug-likeness (QED) is 0.166. The summed E-state index contributed by atoms with van der Waals surface area (Å²) in [6, 6.07) is 10.2. The van der Waals surface area contributed by atoms with Gasteiger partial charge in [-0.05, 0) is 77.4 Å². The second-order valence-electron chi connectivity index (χ2n) is 9.48. The van der Waals surface area contributed by atoms with Gasteiger partial charge in [0, 0.05) is 5.39 Å². The van der Waals surface area contributed by atoms with Gasteiger partial charge in [0.2, 0.25) is 0 Å². The summed E-state index contributed by atoms with van der Waals surface area (Å²) in [6.45, 7) is 14.5. The minimum absolute atomic E-state index is 0.632. The van der Waals surface area contributed by atoms with Crippen LogP contribution in [-0.4, -0.2) is 44.4 Å². The number of hydrogen-bond acceptors (Lipinski definition) is 4. The normalized spacial score (nSPS) is 11.3. The Hall–Kier alpha value is -1.94. The zero-order valence-corrected chi connectivity index (χ0v) is 23.1. The van der Waals surface area contributed by atoms with Gasteiger partial charge in [-0.25, -0.2) is 0 Å². The van der Waals surface area contributed by atoms with E-state index in [-0.39, 0.29) is 0 Å². The summed E-state index contributed by atoms with van der Waals surface area (Å²) in [5.74, 6) is 2.64. The van der Waals surface area contributed by atoms with Crippen LogP contribution in [0.25, 0.3) is 10.8 Å². The third-order valence-electron chi connectivity index (χ3n) is 6.56. The Morgan fingerprint density at radius 2 is 1.09 bits per heavy atom. The first kappa shape index (κ1) is 29.3. The Morgan fingerprint density at radius 1 is 0.543 bits per heavy atom. The van der Waals surface area contributed by atoms with Crippen molar-refractivity contribution in [2.75, 3.05) is 39.5 Å². The highest BCUT2D eigenvalue weighted by Crippen LogP contribution is 2.39. The molecule has 0 spiro atoms. The fourth-order valence-corrected chi connectivity index (χ4v) is 4.59. The highest BCUT2D eigenvalue weighted by Gasteiger charge is 2.13. The number of nitrogens with zero attached hydrogens (tertiary/aromatic N) is 1. The average Bonchev–Trinajstić information content (AvgIpc) is 2.87. The molecule has 0 aromatic heterocycles. The summed E-state index contributed by atoms with van der Waals surface area (Å²) in [6.07, 6.45) is 14.3. The van der Waals surface area contributed by atoms with Gasteiger partial charge < -0.3 is 19.1 Å². The third kappa shape index (κ3) is 10.7. The van der Waals surface area contributed by atoms with Gasteiger partial charge >= 0.3 is 0 Å². The van der Waals surface area contributed by atoms with Crippen LogP contribution in [0.4, 0.5) is 0 Å². The summed E-state index contributed by atoms with van der Waals surface area (Å²) in [5, 5.41) is 2.07. The molecule has 0 aliphatic carbocycles. The fraction of sp³-hybridized carbons (Fsp3) is 0.677. The van der Waals surface area contributed by atoms with E-state index in [4.69, 9.17) is 14.2 Å². The second-order valence-corrected chi connectivity index (χ2v) is 9.48. The molecular formula is C31H51NO3. The van der Waals surface area contributed by atoms with Crippen LogP contribution in [0.2, 0.25) is 0 Å². The maximum atomic E-state index is 6.23. The number of hydrogen-bond donors (Lipinski definition) is 0. The number of benzene rings is 2. The van der Waals surface area contributed by atoms with Gasteiger partial charge in [0.1, 0.15) is 17.2 Å². The molecule has 0 radical (unpaired) electrons. The highest BCUT2D eigenvalue weighted by molar-refractivity contribution is 5.98. The van der Waals surface area contributed by atoms with Gasteiger partial charge in [0.05, 0.1) is 25.2 Å². The SMILES string of the molecule is CCCCN(CCCC)CCCCCCCCCOc1cccc2c(OCC)ccc(OCC)c12. The molecule has 4 heteroatoms. The molecule has 0 unspecified atom stereocenters. The molecule has 0 fully saturated rings. The molecule has 0 amide bonds. The minimum atomic E-state index is 0.632. The molecule has 2 rings (SSSR count). The number of unbranched alkanes of at least 4 members (excludes halogenated alkanes) is 8. The van der Waals surface area contributed by atoms with Crippen LogP contribution in [-0.2, 0) is 0 Å². The smallest absolute Gasteiger partial charge is 0.131 e. The van der Waals surface area contributed by atoms with Gasteiger partial charge in [-0.3, -0.25) is 0 Å². The largest absolute Gasteiger partial charge is 0.493 e. The molecule has 0 saturated heterocycles. The standard InChI is InChI=1S/C31H51NO3/c1-5-9-23-32(24-10-6-2)25-16-14-12-11-13-15-17-26-35-29-20-18-19-27-28(33-7-3)21-22-30(31(27)29)34-8-4/h18-22H,5-17,23-26H2,1-4H3. The van der Waals surface area contributed by atoms with Crippen LogP contribution in [0.15, 0.2) is 30.3 Å². The van der Waals surface area contributed by atoms with E-state index < -0.39 is 0 Å². The van der Waals surface area contributed by atoms with Crippen molar-refractivity contribution in [1.29, 1.82) is 0 Å². The molecule has 0 bridgehead atoms. The van der Waals surface area contributed by atoms with Crippen molar-refractivity contribution >= 4 is 10.8 Å². The molecule has 0 saturated carbocycles. The zero-order chi connectivity index (χ0) is 25.1. The minimum Gasteiger partial charge on any atom is -0.493 e. The first-order valence-corrected chi connectivity index (χ1v) is 14.4. The van der Waals surface area contributed by atoms with Crippen molar-refractivity contribution in [3.05, 3.63) is 30.3 Å². The molecule has 0 N–H and O–H groups in total. The first-order valence-electron chi connectivity index (χ1n) is 14.4. The summed E-state index contributed by atoms with van der Waals surface area (Å²) in [5.41, 5.74) is 0. The Bertz CT molecular complexity index is 799. The molecule has 0 aliphatic rings. The van der Waals surface area contributed by atoms with Gasteiger partial charge in [-0.1, -0.05) is 70.9 Å². The summed E-state index contributed by atoms with van der Waals surface area (Å²) >= 11 is 0. The van der Waals surface area contributed by atoms with Crippen molar-refractivity contribution < 1.29 is 14.2 Å². The molecule has 198 valence electrons. The molecule has 2 aromatic rings. The third-order valence-corrected chi connectivity index (χ3v) is 6.56. The van der Waals surface area contributed by atoms with Gasteiger partial charge in [-0.15, -0.1) is 0 Å². The summed E-state index contributed by atoms with van der Waals surface area (Å²) < 4.78 is 18.0. The van der Waals surface area contributed by atoms with Gasteiger partial charge in [0.25, 0.3) is 0 Å². The monoisotopic (exact) mass is 485 g/mol. The Labute approximate surface area is 215 Å². The van der Waals surface area contributed by atoms with E-state index in [9.17, 15) is 0 Å². The summed E-state index contributed by atoms with van der Waals surface area (Å²) in [7, 11) is 0. The van der Waals surface area contributed by atoms with E-state index in [0.29, 0.717) is 13.2 Å². The fourth-order valence-electron chi connectivity index (χ4n) is 4.59. The molecular weight excluding hydrogens is 434 g/mol. The summed E-state index contributed by atoms with van der Waals surface area (Å²) in [4.78, 5) is 2.69. The van der Waals surface area contributed by atoms with E-state index in [0.717, 1.165) is 41.0 Å². The van der Waals surface area contributed by atoms with Crippen LogP contribution in [0.1, 0.15) is 98.3 Å². The maximum Gasteiger partial charge on any atom is 0.131 e. The van der Waals surface area contributed by atoms with Crippen molar-refractivity contribution in [3.63, 3.8) is 0 Å². The topological polar surface area (TPSA) is 30.9 Å². The number of fused-ring (bicyclic) bond motifs is 1. The lowest BCUT2D eigenvalue weighted by Gasteiger charge is -2.21. The van der Waals surface area contributed by atoms with Crippen molar-refractivity contribution in [3.8, 4) is 17.2 Å². The molecule has 0 aliphatic heterocycles. The molecule has 0 atom stereocenters. The number of ether oxygens (including phenoxy) is 3. The second kappa shape index (κ2) is 18.3. The average molecular weight is 486 g/mol. The first-order chi connectivity index (χ1) is 17.2. The predicted molar refractivity (Wildman–Crippen MR) is 150 cm³/mol. The van der Waals surface area contributed by atoms with Crippen molar-refractivity contribution in [1.82, 2.24) is 4.90 Å². The van der Waals surface area contributed by atoms with E-state index in [1.807, 2.05) is 38.1 Å². The molecule has 35 heavy (non-hydrogen) atoms. The van der Waals surface area contributed by atoms with Crippen molar-refractivity contribution in [2.24, 2.45) is 0 Å². The Kier molecular flexibility index (Phi) is 15.4. The zero-order valence-electron chi connectivity index (χ0n) is 23.1. The van der Waals surface area contributed by atoms with E-state index in [1.54, 1.807) is 0 Å². The molecule has 2 aromatic carbocycles. The van der Waals surface area contributed by atoms with Gasteiger partial charge in [-0.2, -0.15) is 0 Å². The lowest BCUT2D eigenvalue weighted by molar-refractivity contribution is 0.258. The van der Waals surface area contributed by atoms with Crippen LogP contribution in [0.3, 0.4) is 0 Å². The van der Waals surface area contributed by atoms with Crippen LogP contribution in [0.5, 0.6) is 17.2 Å². The van der Waals surface area contributed by atoms with E-state index >= 15 is 0 Å². The molecule has 0 heterocycles. The van der Waals surface area contributed by atoms with Crippen LogP contribution < -0.4 is 14.2 Å². The van der Waals surface area contributed by atoms with E-state index in [2.05, 4.69) is 24.8 Å². The van der Waals surface area contributed by atoms with Crippen LogP contribution in [0, 0.1) is 0 Å². The predicted octanol–water partition coefficient (Wildman–Crippen LogP) is 8.65. The Balaban J connectivity index is 1.69. The van der Waals surface area contributed by atoms with Crippen LogP contribution >= 0.6 is 0 Å². The van der Waals surface area contributed by atoms with E-state index in [1.165, 1.54) is 83.8 Å². The lowest BCUT2D eigenvalue weighted by atomic mass is 10.1. The number of rotatable bonds is 21. The van der Waals surface area contributed by atoms with Crippen molar-refractivity contribution in [2.45, 2.75) is 98.3 Å². The molecule has 4 nitrogen and oxygen atoms in total. The Morgan fingerprint density at radius 3 is 1.74 bits per heavy atom.